The number of anilines is 1. The smallest absolute Gasteiger partial charge is 0.387 e. The van der Waals surface area contributed by atoms with E-state index in [4.69, 9.17) is 4.74 Å². The van der Waals surface area contributed by atoms with Crippen molar-refractivity contribution < 1.29 is 23.0 Å². The normalized spacial score (nSPS) is 21.4. The molecule has 2 N–H and O–H groups in total. The third kappa shape index (κ3) is 4.94. The number of urea groups is 1. The van der Waals surface area contributed by atoms with Crippen molar-refractivity contribution in [2.24, 2.45) is 0 Å². The summed E-state index contributed by atoms with van der Waals surface area (Å²) < 4.78 is 34.9. The van der Waals surface area contributed by atoms with Crippen molar-refractivity contribution in [1.82, 2.24) is 10.6 Å². The van der Waals surface area contributed by atoms with Crippen LogP contribution in [0.1, 0.15) is 19.3 Å². The van der Waals surface area contributed by atoms with Crippen molar-refractivity contribution in [2.45, 2.75) is 38.0 Å². The van der Waals surface area contributed by atoms with Crippen molar-refractivity contribution in [2.75, 3.05) is 31.2 Å². The van der Waals surface area contributed by atoms with Crippen molar-refractivity contribution in [3.8, 4) is 5.75 Å². The Kier molecular flexibility index (Phi) is 5.91. The molecule has 1 aromatic carbocycles. The van der Waals surface area contributed by atoms with Gasteiger partial charge in [-0.25, -0.2) is 4.79 Å². The number of rotatable bonds is 5. The first-order chi connectivity index (χ1) is 12.1. The maximum atomic E-state index is 12.5. The molecule has 1 unspecified atom stereocenters. The van der Waals surface area contributed by atoms with Gasteiger partial charge >= 0.3 is 12.6 Å². The first-order valence-electron chi connectivity index (χ1n) is 8.55. The molecule has 0 saturated carbocycles. The van der Waals surface area contributed by atoms with Gasteiger partial charge in [0, 0.05) is 38.4 Å². The largest absolute Gasteiger partial charge is 0.433 e. The van der Waals surface area contributed by atoms with E-state index in [1.165, 1.54) is 6.07 Å². The summed E-state index contributed by atoms with van der Waals surface area (Å²) in [7, 11) is 0. The van der Waals surface area contributed by atoms with Gasteiger partial charge in [-0.1, -0.05) is 12.1 Å². The highest BCUT2D eigenvalue weighted by atomic mass is 19.3. The van der Waals surface area contributed by atoms with E-state index in [2.05, 4.69) is 15.4 Å². The van der Waals surface area contributed by atoms with Crippen molar-refractivity contribution in [1.29, 1.82) is 0 Å². The molecule has 2 fully saturated rings. The second-order valence-electron chi connectivity index (χ2n) is 6.28. The molecule has 1 atom stereocenters. The molecule has 0 bridgehead atoms. The lowest BCUT2D eigenvalue weighted by Gasteiger charge is -2.25. The molecule has 8 heteroatoms. The Morgan fingerprint density at radius 2 is 1.88 bits per heavy atom. The third-order valence-electron chi connectivity index (χ3n) is 4.50. The first-order valence-corrected chi connectivity index (χ1v) is 8.55. The van der Waals surface area contributed by atoms with Gasteiger partial charge in [-0.15, -0.1) is 0 Å². The lowest BCUT2D eigenvalue weighted by atomic mass is 10.1. The topological polar surface area (TPSA) is 62.8 Å². The molecule has 2 saturated heterocycles. The summed E-state index contributed by atoms with van der Waals surface area (Å²) in [5, 5.41) is 5.93. The molecular weight excluding hydrogens is 332 g/mol. The number of carbonyl (C=O) groups is 1. The number of alkyl halides is 2. The maximum absolute atomic E-state index is 12.5. The fourth-order valence-corrected chi connectivity index (χ4v) is 3.27. The van der Waals surface area contributed by atoms with Gasteiger partial charge in [0.2, 0.25) is 0 Å². The van der Waals surface area contributed by atoms with Crippen LogP contribution < -0.4 is 20.3 Å². The summed E-state index contributed by atoms with van der Waals surface area (Å²) in [6.45, 7) is -0.286. The van der Waals surface area contributed by atoms with E-state index in [9.17, 15) is 13.6 Å². The number of nitrogens with one attached hydrogen (secondary N) is 2. The standard InChI is InChI=1S/C17H23F2N3O3/c18-16(19)25-15-4-2-1-3-14(15)22-8-5-13(11-22)21-17(23)20-12-6-9-24-10-7-12/h1-4,12-13,16H,5-11H2,(H2,20,21,23). The quantitative estimate of drug-likeness (QED) is 0.851. The third-order valence-corrected chi connectivity index (χ3v) is 4.50. The minimum Gasteiger partial charge on any atom is -0.433 e. The van der Waals surface area contributed by atoms with Gasteiger partial charge in [0.15, 0.2) is 0 Å². The van der Waals surface area contributed by atoms with Crippen LogP contribution in [0, 0.1) is 0 Å². The lowest BCUT2D eigenvalue weighted by molar-refractivity contribution is -0.0495. The van der Waals surface area contributed by atoms with Crippen molar-refractivity contribution in [3.05, 3.63) is 24.3 Å². The number of para-hydroxylation sites is 2. The molecular formula is C17H23F2N3O3. The fourth-order valence-electron chi connectivity index (χ4n) is 3.27. The minimum absolute atomic E-state index is 0.0283. The van der Waals surface area contributed by atoms with E-state index in [-0.39, 0.29) is 23.9 Å². The zero-order valence-corrected chi connectivity index (χ0v) is 13.9. The highest BCUT2D eigenvalue weighted by Crippen LogP contribution is 2.31. The van der Waals surface area contributed by atoms with Gasteiger partial charge < -0.3 is 25.0 Å². The summed E-state index contributed by atoms with van der Waals surface area (Å²) >= 11 is 0. The van der Waals surface area contributed by atoms with Gasteiger partial charge in [0.1, 0.15) is 5.75 Å². The zero-order chi connectivity index (χ0) is 17.6. The molecule has 25 heavy (non-hydrogen) atoms. The highest BCUT2D eigenvalue weighted by molar-refractivity contribution is 5.75. The van der Waals surface area contributed by atoms with Gasteiger partial charge in [0.25, 0.3) is 0 Å². The summed E-state index contributed by atoms with van der Waals surface area (Å²) in [6.07, 6.45) is 2.40. The number of carbonyl (C=O) groups excluding carboxylic acids is 1. The van der Waals surface area contributed by atoms with Crippen LogP contribution >= 0.6 is 0 Å². The van der Waals surface area contributed by atoms with Crippen LogP contribution in [-0.2, 0) is 4.74 Å². The molecule has 1 aromatic rings. The second kappa shape index (κ2) is 8.33. The molecule has 3 rings (SSSR count). The zero-order valence-electron chi connectivity index (χ0n) is 13.9. The first kappa shape index (κ1) is 17.7. The molecule has 0 radical (unpaired) electrons. The summed E-state index contributed by atoms with van der Waals surface area (Å²) in [5.41, 5.74) is 0.622. The molecule has 2 amide bonds. The van der Waals surface area contributed by atoms with E-state index >= 15 is 0 Å². The van der Waals surface area contributed by atoms with E-state index in [0.717, 1.165) is 19.3 Å². The fraction of sp³-hybridized carbons (Fsp3) is 0.588. The number of hydrogen-bond acceptors (Lipinski definition) is 4. The predicted octanol–water partition coefficient (Wildman–Crippen LogP) is 2.34. The SMILES string of the molecule is O=C(NC1CCOCC1)NC1CCN(c2ccccc2OC(F)F)C1. The van der Waals surface area contributed by atoms with Crippen LogP contribution in [0.2, 0.25) is 0 Å². The van der Waals surface area contributed by atoms with E-state index in [0.29, 0.717) is 32.0 Å². The number of hydrogen-bond donors (Lipinski definition) is 2. The van der Waals surface area contributed by atoms with E-state index in [1.807, 2.05) is 4.90 Å². The minimum atomic E-state index is -2.86. The Morgan fingerprint density at radius 3 is 2.64 bits per heavy atom. The number of ether oxygens (including phenoxy) is 2. The Hall–Kier alpha value is -2.09. The molecule has 0 aromatic heterocycles. The van der Waals surface area contributed by atoms with Crippen LogP contribution in [-0.4, -0.2) is 51.0 Å². The Balaban J connectivity index is 1.52. The Labute approximate surface area is 145 Å². The number of halogens is 2. The van der Waals surface area contributed by atoms with Gasteiger partial charge in [0.05, 0.1) is 5.69 Å². The monoisotopic (exact) mass is 355 g/mol. The highest BCUT2D eigenvalue weighted by Gasteiger charge is 2.27. The Morgan fingerprint density at radius 1 is 1.16 bits per heavy atom. The average molecular weight is 355 g/mol. The van der Waals surface area contributed by atoms with Crippen LogP contribution in [0.3, 0.4) is 0 Å². The summed E-state index contributed by atoms with van der Waals surface area (Å²) in [5.74, 6) is 0.157. The molecule has 0 spiro atoms. The maximum Gasteiger partial charge on any atom is 0.387 e. The average Bonchev–Trinajstić information content (AvgIpc) is 3.04. The van der Waals surface area contributed by atoms with Crippen LogP contribution in [0.15, 0.2) is 24.3 Å². The number of benzene rings is 1. The number of nitrogens with zero attached hydrogens (tertiary/aromatic N) is 1. The van der Waals surface area contributed by atoms with Crippen molar-refractivity contribution in [3.63, 3.8) is 0 Å². The van der Waals surface area contributed by atoms with Gasteiger partial charge in [-0.05, 0) is 31.4 Å². The van der Waals surface area contributed by atoms with Crippen LogP contribution in [0.4, 0.5) is 19.3 Å². The van der Waals surface area contributed by atoms with Crippen LogP contribution in [0.5, 0.6) is 5.75 Å². The molecule has 6 nitrogen and oxygen atoms in total. The van der Waals surface area contributed by atoms with E-state index in [1.54, 1.807) is 18.2 Å². The van der Waals surface area contributed by atoms with Crippen LogP contribution in [0.25, 0.3) is 0 Å². The summed E-state index contributed by atoms with van der Waals surface area (Å²) in [4.78, 5) is 14.1. The van der Waals surface area contributed by atoms with Gasteiger partial charge in [-0.3, -0.25) is 0 Å². The Bertz CT molecular complexity index is 582. The second-order valence-corrected chi connectivity index (χ2v) is 6.28. The number of amides is 2. The summed E-state index contributed by atoms with van der Waals surface area (Å²) in [6, 6.07) is 6.66. The predicted molar refractivity (Wildman–Crippen MR) is 89.2 cm³/mol. The van der Waals surface area contributed by atoms with E-state index < -0.39 is 6.61 Å². The van der Waals surface area contributed by atoms with Gasteiger partial charge in [-0.2, -0.15) is 8.78 Å². The molecule has 2 aliphatic rings. The molecule has 0 aliphatic carbocycles. The molecule has 138 valence electrons. The van der Waals surface area contributed by atoms with Crippen molar-refractivity contribution >= 4 is 11.7 Å². The molecule has 2 aliphatic heterocycles. The molecule has 2 heterocycles. The lowest BCUT2D eigenvalue weighted by Crippen LogP contribution is -2.48.